The van der Waals surface area contributed by atoms with E-state index in [-0.39, 0.29) is 6.54 Å². The van der Waals surface area contributed by atoms with Crippen LogP contribution in [-0.4, -0.2) is 38.7 Å². The summed E-state index contributed by atoms with van der Waals surface area (Å²) in [4.78, 5) is 22.7. The summed E-state index contributed by atoms with van der Waals surface area (Å²) in [6.45, 7) is 0.674. The summed E-state index contributed by atoms with van der Waals surface area (Å²) < 4.78 is 4.76. The SMILES string of the molecule is COCCNC(=O)NC(=O)CNc1ccc(C#N)cc1. The summed E-state index contributed by atoms with van der Waals surface area (Å²) in [5, 5.41) is 16.1. The zero-order valence-electron chi connectivity index (χ0n) is 11.1. The topological polar surface area (TPSA) is 103 Å². The minimum atomic E-state index is -0.561. The number of imide groups is 1. The number of anilines is 1. The first-order valence-corrected chi connectivity index (χ1v) is 5.96. The Bertz CT molecular complexity index is 493. The number of hydrogen-bond donors (Lipinski definition) is 3. The second kappa shape index (κ2) is 8.50. The Morgan fingerprint density at radius 1 is 1.30 bits per heavy atom. The van der Waals surface area contributed by atoms with Gasteiger partial charge in [-0.1, -0.05) is 0 Å². The molecule has 0 saturated heterocycles. The van der Waals surface area contributed by atoms with E-state index in [2.05, 4.69) is 16.0 Å². The summed E-state index contributed by atoms with van der Waals surface area (Å²) in [5.74, 6) is -0.454. The molecule has 0 saturated carbocycles. The fraction of sp³-hybridized carbons (Fsp3) is 0.308. The molecule has 0 aliphatic carbocycles. The molecule has 3 amide bonds. The van der Waals surface area contributed by atoms with Crippen molar-refractivity contribution in [2.45, 2.75) is 0 Å². The molecule has 0 atom stereocenters. The molecule has 0 heterocycles. The average molecular weight is 276 g/mol. The molecule has 0 radical (unpaired) electrons. The van der Waals surface area contributed by atoms with Crippen LogP contribution in [0.4, 0.5) is 10.5 Å². The first-order valence-electron chi connectivity index (χ1n) is 5.96. The third-order valence-electron chi connectivity index (χ3n) is 2.31. The fourth-order valence-corrected chi connectivity index (χ4v) is 1.33. The van der Waals surface area contributed by atoms with Gasteiger partial charge in [0, 0.05) is 19.3 Å². The Morgan fingerprint density at radius 3 is 2.60 bits per heavy atom. The van der Waals surface area contributed by atoms with Gasteiger partial charge in [-0.25, -0.2) is 4.79 Å². The van der Waals surface area contributed by atoms with Gasteiger partial charge in [0.15, 0.2) is 0 Å². The number of nitriles is 1. The normalized spacial score (nSPS) is 9.40. The predicted molar refractivity (Wildman–Crippen MR) is 73.1 cm³/mol. The van der Waals surface area contributed by atoms with Crippen molar-refractivity contribution < 1.29 is 14.3 Å². The molecule has 20 heavy (non-hydrogen) atoms. The van der Waals surface area contributed by atoms with Gasteiger partial charge >= 0.3 is 6.03 Å². The molecule has 7 heteroatoms. The summed E-state index contributed by atoms with van der Waals surface area (Å²) in [5.41, 5.74) is 1.23. The first kappa shape index (κ1) is 15.5. The van der Waals surface area contributed by atoms with Crippen molar-refractivity contribution in [3.8, 4) is 6.07 Å². The van der Waals surface area contributed by atoms with Gasteiger partial charge in [0.05, 0.1) is 24.8 Å². The number of carbonyl (C=O) groups excluding carboxylic acids is 2. The Kier molecular flexibility index (Phi) is 6.57. The molecule has 7 nitrogen and oxygen atoms in total. The van der Waals surface area contributed by atoms with Crippen molar-refractivity contribution in [2.75, 3.05) is 32.1 Å². The molecule has 0 aromatic heterocycles. The summed E-state index contributed by atoms with van der Waals surface area (Å²) in [6, 6.07) is 8.08. The van der Waals surface area contributed by atoms with Gasteiger partial charge in [-0.15, -0.1) is 0 Å². The van der Waals surface area contributed by atoms with Gasteiger partial charge in [-0.3, -0.25) is 10.1 Å². The van der Waals surface area contributed by atoms with Gasteiger partial charge in [-0.05, 0) is 24.3 Å². The Labute approximate surface area is 116 Å². The number of amides is 3. The molecule has 106 valence electrons. The first-order chi connectivity index (χ1) is 9.65. The van der Waals surface area contributed by atoms with E-state index in [1.54, 1.807) is 24.3 Å². The second-order valence-electron chi connectivity index (χ2n) is 3.84. The lowest BCUT2D eigenvalue weighted by molar-refractivity contribution is -0.118. The van der Waals surface area contributed by atoms with Crippen LogP contribution < -0.4 is 16.0 Å². The van der Waals surface area contributed by atoms with Gasteiger partial charge in [0.2, 0.25) is 5.91 Å². The van der Waals surface area contributed by atoms with Crippen LogP contribution in [-0.2, 0) is 9.53 Å². The maximum Gasteiger partial charge on any atom is 0.321 e. The van der Waals surface area contributed by atoms with E-state index in [4.69, 9.17) is 10.00 Å². The maximum absolute atomic E-state index is 11.5. The van der Waals surface area contributed by atoms with E-state index >= 15 is 0 Å². The van der Waals surface area contributed by atoms with Gasteiger partial charge < -0.3 is 15.4 Å². The number of nitrogens with one attached hydrogen (secondary N) is 3. The highest BCUT2D eigenvalue weighted by Crippen LogP contribution is 2.07. The number of ether oxygens (including phenoxy) is 1. The van der Waals surface area contributed by atoms with Crippen LogP contribution in [0.5, 0.6) is 0 Å². The van der Waals surface area contributed by atoms with E-state index in [1.807, 2.05) is 6.07 Å². The molecule has 0 bridgehead atoms. The lowest BCUT2D eigenvalue weighted by Gasteiger charge is -2.08. The molecule has 1 rings (SSSR count). The molecular weight excluding hydrogens is 260 g/mol. The van der Waals surface area contributed by atoms with Crippen LogP contribution in [0.25, 0.3) is 0 Å². The molecule has 0 aliphatic heterocycles. The van der Waals surface area contributed by atoms with Crippen LogP contribution >= 0.6 is 0 Å². The minimum absolute atomic E-state index is 0.0381. The van der Waals surface area contributed by atoms with Crippen molar-refractivity contribution in [3.05, 3.63) is 29.8 Å². The van der Waals surface area contributed by atoms with Crippen LogP contribution in [0, 0.1) is 11.3 Å². The van der Waals surface area contributed by atoms with Crippen molar-refractivity contribution in [1.82, 2.24) is 10.6 Å². The van der Waals surface area contributed by atoms with Gasteiger partial charge in [-0.2, -0.15) is 5.26 Å². The minimum Gasteiger partial charge on any atom is -0.383 e. The number of benzene rings is 1. The molecule has 1 aromatic carbocycles. The van der Waals surface area contributed by atoms with E-state index in [1.165, 1.54) is 7.11 Å². The molecule has 0 aliphatic rings. The second-order valence-corrected chi connectivity index (χ2v) is 3.84. The van der Waals surface area contributed by atoms with Crippen LogP contribution in [0.3, 0.4) is 0 Å². The highest BCUT2D eigenvalue weighted by atomic mass is 16.5. The molecule has 1 aromatic rings. The van der Waals surface area contributed by atoms with Crippen LogP contribution in [0.15, 0.2) is 24.3 Å². The summed E-state index contributed by atoms with van der Waals surface area (Å²) in [7, 11) is 1.52. The largest absolute Gasteiger partial charge is 0.383 e. The van der Waals surface area contributed by atoms with E-state index in [0.717, 1.165) is 0 Å². The Balaban J connectivity index is 2.28. The van der Waals surface area contributed by atoms with E-state index < -0.39 is 11.9 Å². The number of carbonyl (C=O) groups is 2. The standard InChI is InChI=1S/C13H16N4O3/c1-20-7-6-15-13(19)17-12(18)9-16-11-4-2-10(8-14)3-5-11/h2-5,16H,6-7,9H2,1H3,(H2,15,17,18,19). The number of nitrogens with zero attached hydrogens (tertiary/aromatic N) is 1. The van der Waals surface area contributed by atoms with E-state index in [0.29, 0.717) is 24.4 Å². The van der Waals surface area contributed by atoms with Crippen molar-refractivity contribution >= 4 is 17.6 Å². The third-order valence-corrected chi connectivity index (χ3v) is 2.31. The molecule has 3 N–H and O–H groups in total. The predicted octanol–water partition coefficient (Wildman–Crippen LogP) is 0.442. The van der Waals surface area contributed by atoms with Crippen molar-refractivity contribution in [1.29, 1.82) is 5.26 Å². The molecular formula is C13H16N4O3. The smallest absolute Gasteiger partial charge is 0.321 e. The fourth-order valence-electron chi connectivity index (χ4n) is 1.33. The zero-order chi connectivity index (χ0) is 14.8. The van der Waals surface area contributed by atoms with Gasteiger partial charge in [0.1, 0.15) is 0 Å². The molecule has 0 unspecified atom stereocenters. The quantitative estimate of drug-likeness (QED) is 0.654. The molecule has 0 fully saturated rings. The summed E-state index contributed by atoms with van der Waals surface area (Å²) >= 11 is 0. The Hall–Kier alpha value is -2.59. The highest BCUT2D eigenvalue weighted by molar-refractivity contribution is 5.96. The average Bonchev–Trinajstić information content (AvgIpc) is 2.46. The zero-order valence-corrected chi connectivity index (χ0v) is 11.1. The third kappa shape index (κ3) is 5.84. The van der Waals surface area contributed by atoms with Crippen molar-refractivity contribution in [2.24, 2.45) is 0 Å². The lowest BCUT2D eigenvalue weighted by Crippen LogP contribution is -2.42. The highest BCUT2D eigenvalue weighted by Gasteiger charge is 2.06. The van der Waals surface area contributed by atoms with Gasteiger partial charge in [0.25, 0.3) is 0 Å². The monoisotopic (exact) mass is 276 g/mol. The number of methoxy groups -OCH3 is 1. The Morgan fingerprint density at radius 2 is 2.00 bits per heavy atom. The van der Waals surface area contributed by atoms with Crippen LogP contribution in [0.1, 0.15) is 5.56 Å². The lowest BCUT2D eigenvalue weighted by atomic mass is 10.2. The number of urea groups is 1. The summed E-state index contributed by atoms with van der Waals surface area (Å²) in [6.07, 6.45) is 0. The molecule has 0 spiro atoms. The van der Waals surface area contributed by atoms with Crippen molar-refractivity contribution in [3.63, 3.8) is 0 Å². The van der Waals surface area contributed by atoms with E-state index in [9.17, 15) is 9.59 Å². The maximum atomic E-state index is 11.5. The number of hydrogen-bond acceptors (Lipinski definition) is 5. The van der Waals surface area contributed by atoms with Crippen LogP contribution in [0.2, 0.25) is 0 Å². The number of rotatable bonds is 6.